The molecule has 2 aliphatic rings. The summed E-state index contributed by atoms with van der Waals surface area (Å²) in [4.78, 5) is 0. The first kappa shape index (κ1) is 16.1. The standard InChI is InChI=1S/C16H20FN3O2S/c1-9-7-12(15-13(21)5-4-11(17)14(9)15)19-20-16(23)18-8-10-3-2-6-22-10/h4-5,9-10,21H,2-3,6-8H2,1H3,(H2,18,20,23)/b19-12+/t9-,10+/m1/s1. The van der Waals surface area contributed by atoms with E-state index in [0.29, 0.717) is 34.9 Å². The predicted octanol–water partition coefficient (Wildman–Crippen LogP) is 2.39. The maximum absolute atomic E-state index is 13.9. The molecule has 1 aromatic rings. The monoisotopic (exact) mass is 337 g/mol. The number of phenolic OH excluding ortho intramolecular Hbond substituents is 1. The number of hydrazone groups is 1. The van der Waals surface area contributed by atoms with Crippen molar-refractivity contribution >= 4 is 23.0 Å². The van der Waals surface area contributed by atoms with Crippen LogP contribution in [0.3, 0.4) is 0 Å². The lowest BCUT2D eigenvalue weighted by Crippen LogP contribution is -2.37. The molecule has 3 N–H and O–H groups in total. The molecule has 0 bridgehead atoms. The summed E-state index contributed by atoms with van der Waals surface area (Å²) in [6.45, 7) is 3.36. The van der Waals surface area contributed by atoms with Gasteiger partial charge in [-0.3, -0.25) is 5.43 Å². The van der Waals surface area contributed by atoms with E-state index in [2.05, 4.69) is 15.8 Å². The maximum Gasteiger partial charge on any atom is 0.187 e. The van der Waals surface area contributed by atoms with Gasteiger partial charge in [0.15, 0.2) is 5.11 Å². The number of nitrogens with zero attached hydrogens (tertiary/aromatic N) is 1. The van der Waals surface area contributed by atoms with Crippen LogP contribution in [0.1, 0.15) is 43.2 Å². The van der Waals surface area contributed by atoms with Gasteiger partial charge < -0.3 is 15.2 Å². The normalized spacial score (nSPS) is 24.7. The highest BCUT2D eigenvalue weighted by Crippen LogP contribution is 2.39. The summed E-state index contributed by atoms with van der Waals surface area (Å²) in [6.07, 6.45) is 2.86. The summed E-state index contributed by atoms with van der Waals surface area (Å²) in [7, 11) is 0. The number of fused-ring (bicyclic) bond motifs is 1. The number of halogens is 1. The van der Waals surface area contributed by atoms with Crippen LogP contribution in [0.4, 0.5) is 4.39 Å². The molecule has 1 aliphatic carbocycles. The second-order valence-electron chi connectivity index (χ2n) is 5.98. The molecule has 0 aromatic heterocycles. The van der Waals surface area contributed by atoms with Crippen LogP contribution in [0.15, 0.2) is 17.2 Å². The summed E-state index contributed by atoms with van der Waals surface area (Å²) in [6, 6.07) is 2.64. The smallest absolute Gasteiger partial charge is 0.187 e. The van der Waals surface area contributed by atoms with Gasteiger partial charge >= 0.3 is 0 Å². The first-order valence-electron chi connectivity index (χ1n) is 7.80. The van der Waals surface area contributed by atoms with Crippen LogP contribution in [-0.2, 0) is 4.74 Å². The molecular weight excluding hydrogens is 317 g/mol. The van der Waals surface area contributed by atoms with Crippen LogP contribution in [0.2, 0.25) is 0 Å². The van der Waals surface area contributed by atoms with E-state index in [1.807, 2.05) is 6.92 Å². The van der Waals surface area contributed by atoms with E-state index in [1.54, 1.807) is 0 Å². The molecule has 1 aromatic carbocycles. The van der Waals surface area contributed by atoms with Crippen LogP contribution >= 0.6 is 12.2 Å². The van der Waals surface area contributed by atoms with E-state index in [1.165, 1.54) is 12.1 Å². The van der Waals surface area contributed by atoms with E-state index in [4.69, 9.17) is 17.0 Å². The van der Waals surface area contributed by atoms with Gasteiger partial charge in [0.25, 0.3) is 0 Å². The zero-order chi connectivity index (χ0) is 16.4. The number of hydrogen-bond donors (Lipinski definition) is 3. The summed E-state index contributed by atoms with van der Waals surface area (Å²) in [5.74, 6) is -0.287. The molecule has 0 amide bonds. The Morgan fingerprint density at radius 2 is 2.35 bits per heavy atom. The Balaban J connectivity index is 1.65. The van der Waals surface area contributed by atoms with Gasteiger partial charge in [0.2, 0.25) is 0 Å². The van der Waals surface area contributed by atoms with Crippen molar-refractivity contribution in [3.63, 3.8) is 0 Å². The van der Waals surface area contributed by atoms with Crippen LogP contribution in [0.5, 0.6) is 5.75 Å². The number of hydrogen-bond acceptors (Lipinski definition) is 4. The lowest BCUT2D eigenvalue weighted by molar-refractivity contribution is 0.114. The van der Waals surface area contributed by atoms with E-state index >= 15 is 0 Å². The van der Waals surface area contributed by atoms with Crippen molar-refractivity contribution in [1.29, 1.82) is 0 Å². The third-order valence-electron chi connectivity index (χ3n) is 4.26. The van der Waals surface area contributed by atoms with Crippen LogP contribution in [-0.4, -0.2) is 35.2 Å². The van der Waals surface area contributed by atoms with Crippen molar-refractivity contribution in [2.24, 2.45) is 5.10 Å². The number of thiocarbonyl (C=S) groups is 1. The van der Waals surface area contributed by atoms with E-state index < -0.39 is 0 Å². The topological polar surface area (TPSA) is 65.9 Å². The Morgan fingerprint density at radius 1 is 1.52 bits per heavy atom. The second kappa shape index (κ2) is 6.80. The van der Waals surface area contributed by atoms with Gasteiger partial charge in [0.05, 0.1) is 11.8 Å². The first-order chi connectivity index (χ1) is 11.1. The SMILES string of the molecule is C[C@@H]1C/C(=N\NC(=S)NC[C@@H]2CCCO2)c2c(O)ccc(F)c21. The fraction of sp³-hybridized carbons (Fsp3) is 0.500. The summed E-state index contributed by atoms with van der Waals surface area (Å²) in [5.41, 5.74) is 4.39. The third kappa shape index (κ3) is 3.45. The van der Waals surface area contributed by atoms with Gasteiger partial charge in [-0.05, 0) is 49.5 Å². The minimum absolute atomic E-state index is 0.0222. The fourth-order valence-corrected chi connectivity index (χ4v) is 3.26. The fourth-order valence-electron chi connectivity index (χ4n) is 3.13. The van der Waals surface area contributed by atoms with Crippen molar-refractivity contribution in [1.82, 2.24) is 10.7 Å². The zero-order valence-electron chi connectivity index (χ0n) is 12.9. The van der Waals surface area contributed by atoms with Gasteiger partial charge in [-0.25, -0.2) is 4.39 Å². The molecule has 5 nitrogen and oxygen atoms in total. The molecule has 1 heterocycles. The lowest BCUT2D eigenvalue weighted by Gasteiger charge is -2.12. The average molecular weight is 337 g/mol. The maximum atomic E-state index is 13.9. The number of rotatable bonds is 3. The Labute approximate surface area is 139 Å². The zero-order valence-corrected chi connectivity index (χ0v) is 13.8. The van der Waals surface area contributed by atoms with Crippen LogP contribution in [0, 0.1) is 5.82 Å². The minimum Gasteiger partial charge on any atom is -0.507 e. The van der Waals surface area contributed by atoms with Gasteiger partial charge in [0.1, 0.15) is 11.6 Å². The van der Waals surface area contributed by atoms with Crippen molar-refractivity contribution in [2.45, 2.75) is 38.2 Å². The van der Waals surface area contributed by atoms with Crippen molar-refractivity contribution < 1.29 is 14.2 Å². The Bertz CT molecular complexity index is 644. The van der Waals surface area contributed by atoms with Crippen molar-refractivity contribution in [3.8, 4) is 5.75 Å². The highest BCUT2D eigenvalue weighted by Gasteiger charge is 2.30. The number of aromatic hydroxyl groups is 1. The Kier molecular flexibility index (Phi) is 4.77. The van der Waals surface area contributed by atoms with Crippen LogP contribution < -0.4 is 10.7 Å². The molecule has 0 unspecified atom stereocenters. The number of ether oxygens (including phenoxy) is 1. The molecular formula is C16H20FN3O2S. The average Bonchev–Trinajstić information content (AvgIpc) is 3.15. The molecule has 2 atom stereocenters. The largest absolute Gasteiger partial charge is 0.507 e. The summed E-state index contributed by atoms with van der Waals surface area (Å²) >= 11 is 5.19. The number of nitrogens with one attached hydrogen (secondary N) is 2. The van der Waals surface area contributed by atoms with Crippen molar-refractivity contribution in [3.05, 3.63) is 29.1 Å². The summed E-state index contributed by atoms with van der Waals surface area (Å²) < 4.78 is 19.5. The highest BCUT2D eigenvalue weighted by atomic mass is 32.1. The molecule has 1 saturated heterocycles. The molecule has 7 heteroatoms. The molecule has 124 valence electrons. The molecule has 3 rings (SSSR count). The summed E-state index contributed by atoms with van der Waals surface area (Å²) in [5, 5.41) is 17.7. The Morgan fingerprint density at radius 3 is 3.09 bits per heavy atom. The molecule has 1 aliphatic heterocycles. The Hall–Kier alpha value is -1.73. The third-order valence-corrected chi connectivity index (χ3v) is 4.49. The highest BCUT2D eigenvalue weighted by molar-refractivity contribution is 7.80. The van der Waals surface area contributed by atoms with Gasteiger partial charge in [-0.1, -0.05) is 6.92 Å². The van der Waals surface area contributed by atoms with Gasteiger partial charge in [-0.15, -0.1) is 0 Å². The number of phenols is 1. The minimum atomic E-state index is -0.311. The molecule has 0 spiro atoms. The van der Waals surface area contributed by atoms with E-state index in [-0.39, 0.29) is 23.6 Å². The van der Waals surface area contributed by atoms with Crippen LogP contribution in [0.25, 0.3) is 0 Å². The quantitative estimate of drug-likeness (QED) is 0.584. The van der Waals surface area contributed by atoms with Crippen molar-refractivity contribution in [2.75, 3.05) is 13.2 Å². The predicted molar refractivity (Wildman–Crippen MR) is 90.3 cm³/mol. The van der Waals surface area contributed by atoms with Gasteiger partial charge in [0, 0.05) is 24.3 Å². The molecule has 23 heavy (non-hydrogen) atoms. The lowest BCUT2D eigenvalue weighted by atomic mass is 10.0. The first-order valence-corrected chi connectivity index (χ1v) is 8.21. The van der Waals surface area contributed by atoms with Gasteiger partial charge in [-0.2, -0.15) is 5.10 Å². The van der Waals surface area contributed by atoms with E-state index in [9.17, 15) is 9.50 Å². The second-order valence-corrected chi connectivity index (χ2v) is 6.38. The van der Waals surface area contributed by atoms with E-state index in [0.717, 1.165) is 19.4 Å². The number of benzene rings is 1. The molecule has 0 radical (unpaired) electrons. The molecule has 0 saturated carbocycles. The molecule has 1 fully saturated rings.